The molecule has 4 saturated carbocycles. The Morgan fingerprint density at radius 1 is 0.929 bits per heavy atom. The Hall–Kier alpha value is -2.75. The highest BCUT2D eigenvalue weighted by atomic mass is 35.5. The number of fused-ring (bicyclic) bond motifs is 7. The molecule has 9 nitrogen and oxygen atoms in total. The molecule has 1 aromatic carbocycles. The molecule has 9 atom stereocenters. The van der Waals surface area contributed by atoms with E-state index < -0.39 is 41.4 Å². The van der Waals surface area contributed by atoms with Crippen molar-refractivity contribution in [1.29, 1.82) is 0 Å². The van der Waals surface area contributed by atoms with Crippen LogP contribution in [0.5, 0.6) is 0 Å². The number of halogens is 1. The monoisotopic (exact) mass is 795 g/mol. The van der Waals surface area contributed by atoms with Gasteiger partial charge in [-0.1, -0.05) is 77.8 Å². The minimum Gasteiger partial charge on any atom is -0.481 e. The summed E-state index contributed by atoms with van der Waals surface area (Å²) in [5, 5.41) is 32.6. The Bertz CT molecular complexity index is 1770. The zero-order valence-corrected chi connectivity index (χ0v) is 35.9. The summed E-state index contributed by atoms with van der Waals surface area (Å²) in [6.45, 7) is 18.8. The Labute approximate surface area is 339 Å². The number of aliphatic hydroxyl groups is 2. The summed E-state index contributed by atoms with van der Waals surface area (Å²) in [6.07, 6.45) is 5.88. The van der Waals surface area contributed by atoms with Crippen LogP contribution in [0.2, 0.25) is 5.02 Å². The van der Waals surface area contributed by atoms with Crippen LogP contribution in [0.1, 0.15) is 132 Å². The lowest BCUT2D eigenvalue weighted by Crippen LogP contribution is -2.66. The van der Waals surface area contributed by atoms with Crippen LogP contribution in [0.3, 0.4) is 0 Å². The molecule has 1 amide bonds. The first-order chi connectivity index (χ1) is 26.0. The van der Waals surface area contributed by atoms with Crippen LogP contribution in [0.25, 0.3) is 0 Å². The van der Waals surface area contributed by atoms with E-state index in [-0.39, 0.29) is 71.3 Å². The van der Waals surface area contributed by atoms with Gasteiger partial charge in [-0.2, -0.15) is 0 Å². The van der Waals surface area contributed by atoms with Crippen molar-refractivity contribution in [3.63, 3.8) is 0 Å². The number of hydrogen-bond donors (Lipinski definition) is 3. The van der Waals surface area contributed by atoms with Gasteiger partial charge in [-0.15, -0.1) is 0 Å². The van der Waals surface area contributed by atoms with E-state index in [0.29, 0.717) is 23.3 Å². The van der Waals surface area contributed by atoms with Gasteiger partial charge in [-0.25, -0.2) is 0 Å². The number of carboxylic acid groups (broad SMARTS) is 1. The third-order valence-corrected chi connectivity index (χ3v) is 16.9. The first-order valence-corrected chi connectivity index (χ1v) is 21.4. The van der Waals surface area contributed by atoms with Gasteiger partial charge < -0.3 is 25.0 Å². The molecule has 0 saturated heterocycles. The van der Waals surface area contributed by atoms with E-state index in [0.717, 1.165) is 61.7 Å². The van der Waals surface area contributed by atoms with E-state index in [9.17, 15) is 34.5 Å². The molecule has 56 heavy (non-hydrogen) atoms. The van der Waals surface area contributed by atoms with Crippen LogP contribution >= 0.6 is 11.6 Å². The first kappa shape index (κ1) is 42.8. The van der Waals surface area contributed by atoms with E-state index in [1.807, 2.05) is 12.1 Å². The standard InChI is InChI=1S/C46H66ClNO8/c1-27(2)38-31(50)22-46(34(51)25-48(36(52)26-49)24-28-10-12-29(47)13-11-28)21-20-44(8)30(39(38)46)14-15-33-43(7)18-17-35(56-37(53)23-41(3,4)40(54)55)42(5,6)32(43)16-19-45(33,44)9/h10-13,27,30,32-35,49,51H,14-26H2,1-9H3,(H,54,55)/t30-,32+,33-,34?,35+,43+,44-,45-,46?/m1/s1. The smallest absolute Gasteiger partial charge is 0.309 e. The van der Waals surface area contributed by atoms with Gasteiger partial charge in [0.2, 0.25) is 5.91 Å². The van der Waals surface area contributed by atoms with Crippen molar-refractivity contribution in [2.75, 3.05) is 13.2 Å². The number of ether oxygens (including phenoxy) is 1. The summed E-state index contributed by atoms with van der Waals surface area (Å²) in [7, 11) is 0. The molecule has 0 radical (unpaired) electrons. The Morgan fingerprint density at radius 2 is 1.59 bits per heavy atom. The maximum absolute atomic E-state index is 14.2. The molecule has 6 rings (SSSR count). The molecule has 0 spiro atoms. The van der Waals surface area contributed by atoms with Gasteiger partial charge in [0, 0.05) is 35.4 Å². The van der Waals surface area contributed by atoms with Crippen LogP contribution < -0.4 is 0 Å². The van der Waals surface area contributed by atoms with Crippen molar-refractivity contribution < 1.29 is 39.2 Å². The second-order valence-corrected chi connectivity index (χ2v) is 21.1. The Morgan fingerprint density at radius 3 is 2.20 bits per heavy atom. The second-order valence-electron chi connectivity index (χ2n) is 20.6. The Kier molecular flexibility index (Phi) is 11.3. The molecule has 2 unspecified atom stereocenters. The number of aliphatic carboxylic acids is 1. The third kappa shape index (κ3) is 6.77. The summed E-state index contributed by atoms with van der Waals surface area (Å²) in [6, 6.07) is 7.21. The highest BCUT2D eigenvalue weighted by molar-refractivity contribution is 6.30. The van der Waals surface area contributed by atoms with Crippen molar-refractivity contribution >= 4 is 35.2 Å². The summed E-state index contributed by atoms with van der Waals surface area (Å²) >= 11 is 6.13. The van der Waals surface area contributed by atoms with E-state index in [1.54, 1.807) is 26.0 Å². The van der Waals surface area contributed by atoms with Crippen molar-refractivity contribution in [3.8, 4) is 0 Å². The predicted octanol–water partition coefficient (Wildman–Crippen LogP) is 8.42. The molecule has 0 aromatic heterocycles. The normalized spacial score (nSPS) is 35.6. The van der Waals surface area contributed by atoms with Crippen LogP contribution in [0.4, 0.5) is 0 Å². The molecule has 310 valence electrons. The number of esters is 1. The topological polar surface area (TPSA) is 141 Å². The van der Waals surface area contributed by atoms with Gasteiger partial charge >= 0.3 is 11.9 Å². The quantitative estimate of drug-likeness (QED) is 0.190. The molecule has 1 aromatic rings. The number of nitrogens with zero attached hydrogens (tertiary/aromatic N) is 1. The van der Waals surface area contributed by atoms with E-state index in [2.05, 4.69) is 48.5 Å². The second kappa shape index (κ2) is 14.8. The van der Waals surface area contributed by atoms with Crippen molar-refractivity contribution in [3.05, 3.63) is 46.0 Å². The summed E-state index contributed by atoms with van der Waals surface area (Å²) in [4.78, 5) is 53.8. The largest absolute Gasteiger partial charge is 0.481 e. The molecule has 0 heterocycles. The fraction of sp³-hybridized carbons (Fsp3) is 0.739. The van der Waals surface area contributed by atoms with Gasteiger partial charge in [-0.05, 0) is 128 Å². The number of ketones is 1. The van der Waals surface area contributed by atoms with Crippen molar-refractivity contribution in [2.45, 2.75) is 145 Å². The fourth-order valence-electron chi connectivity index (χ4n) is 13.5. The summed E-state index contributed by atoms with van der Waals surface area (Å²) in [5.41, 5.74) is 0.393. The molecular weight excluding hydrogens is 730 g/mol. The average molecular weight is 796 g/mol. The summed E-state index contributed by atoms with van der Waals surface area (Å²) in [5.74, 6) is -0.993. The molecular formula is C46H66ClNO8. The van der Waals surface area contributed by atoms with Crippen LogP contribution in [0.15, 0.2) is 35.4 Å². The van der Waals surface area contributed by atoms with E-state index >= 15 is 0 Å². The minimum absolute atomic E-state index is 0.00295. The van der Waals surface area contributed by atoms with Gasteiger partial charge in [0.05, 0.1) is 17.9 Å². The molecule has 5 aliphatic rings. The first-order valence-electron chi connectivity index (χ1n) is 21.0. The average Bonchev–Trinajstić information content (AvgIpc) is 3.43. The predicted molar refractivity (Wildman–Crippen MR) is 215 cm³/mol. The van der Waals surface area contributed by atoms with Crippen molar-refractivity contribution in [2.24, 2.45) is 56.2 Å². The number of benzene rings is 1. The number of carboxylic acids is 1. The number of aliphatic hydroxyl groups excluding tert-OH is 2. The number of Topliss-reactive ketones (excluding diaryl/α,β-unsaturated/α-hetero) is 1. The fourth-order valence-corrected chi connectivity index (χ4v) is 13.6. The molecule has 10 heteroatoms. The molecule has 4 fully saturated rings. The van der Waals surface area contributed by atoms with Gasteiger partial charge in [0.1, 0.15) is 12.7 Å². The maximum atomic E-state index is 14.2. The van der Waals surface area contributed by atoms with Crippen LogP contribution in [-0.4, -0.2) is 69.2 Å². The number of carbonyl (C=O) groups is 4. The van der Waals surface area contributed by atoms with Crippen LogP contribution in [-0.2, 0) is 30.5 Å². The zero-order valence-electron chi connectivity index (χ0n) is 35.2. The zero-order chi connectivity index (χ0) is 41.4. The summed E-state index contributed by atoms with van der Waals surface area (Å²) < 4.78 is 6.16. The lowest BCUT2D eigenvalue weighted by Gasteiger charge is -2.72. The number of carbonyl (C=O) groups excluding carboxylic acids is 3. The highest BCUT2D eigenvalue weighted by Crippen LogP contribution is 2.77. The van der Waals surface area contributed by atoms with Crippen LogP contribution in [0, 0.1) is 56.2 Å². The van der Waals surface area contributed by atoms with E-state index in [4.69, 9.17) is 16.3 Å². The molecule has 0 aliphatic heterocycles. The SMILES string of the molecule is CC(C)C1=C2[C@H]3CC[C@@H]4[C@@]5(C)CC[C@H](OC(=O)CC(C)(C)C(=O)O)C(C)(C)[C@@H]5CC[C@@]4(C)[C@]3(C)CCC2(C(O)CN(Cc2ccc(Cl)cc2)C(=O)CO)CC1=O. The van der Waals surface area contributed by atoms with E-state index in [1.165, 1.54) is 4.90 Å². The van der Waals surface area contributed by atoms with Crippen molar-refractivity contribution in [1.82, 2.24) is 4.90 Å². The molecule has 5 aliphatic carbocycles. The lowest BCUT2D eigenvalue weighted by molar-refractivity contribution is -0.235. The number of allylic oxidation sites excluding steroid dienone is 1. The van der Waals surface area contributed by atoms with Gasteiger partial charge in [-0.3, -0.25) is 19.2 Å². The number of amides is 1. The molecule has 3 N–H and O–H groups in total. The highest BCUT2D eigenvalue weighted by Gasteiger charge is 2.71. The maximum Gasteiger partial charge on any atom is 0.309 e. The third-order valence-electron chi connectivity index (χ3n) is 16.7. The lowest BCUT2D eigenvalue weighted by atomic mass is 9.33. The number of rotatable bonds is 11. The minimum atomic E-state index is -1.19. The number of hydrogen-bond acceptors (Lipinski definition) is 7. The van der Waals surface area contributed by atoms with Gasteiger partial charge in [0.25, 0.3) is 0 Å². The molecule has 0 bridgehead atoms. The Balaban J connectivity index is 1.29. The van der Waals surface area contributed by atoms with Gasteiger partial charge in [0.15, 0.2) is 5.78 Å².